The van der Waals surface area contributed by atoms with Gasteiger partial charge in [-0.15, -0.1) is 0 Å². The minimum absolute atomic E-state index is 0.0307. The van der Waals surface area contributed by atoms with Crippen LogP contribution >= 0.6 is 0 Å². The molecule has 3 N–H and O–H groups in total. The van der Waals surface area contributed by atoms with Crippen LogP contribution in [0.5, 0.6) is 0 Å². The van der Waals surface area contributed by atoms with Crippen molar-refractivity contribution in [2.45, 2.75) is 52.3 Å². The number of ether oxygens (including phenoxy) is 2. The molecular formula is C15H31FN2O3. The second-order valence-corrected chi connectivity index (χ2v) is 5.93. The maximum Gasteiger partial charge on any atom is 0.222 e. The fraction of sp³-hybridized carbons (Fsp3) is 0.933. The molecule has 0 aliphatic heterocycles. The van der Waals surface area contributed by atoms with E-state index in [-0.39, 0.29) is 18.4 Å². The van der Waals surface area contributed by atoms with Crippen molar-refractivity contribution < 1.29 is 18.7 Å². The van der Waals surface area contributed by atoms with Gasteiger partial charge in [-0.3, -0.25) is 4.79 Å². The lowest BCUT2D eigenvalue weighted by atomic mass is 10.0. The highest BCUT2D eigenvalue weighted by molar-refractivity contribution is 5.77. The van der Waals surface area contributed by atoms with Crippen LogP contribution in [0.3, 0.4) is 0 Å². The molecule has 0 saturated heterocycles. The van der Waals surface area contributed by atoms with Crippen molar-refractivity contribution >= 4 is 5.91 Å². The van der Waals surface area contributed by atoms with Gasteiger partial charge in [0.1, 0.15) is 6.17 Å². The number of rotatable bonds is 12. The van der Waals surface area contributed by atoms with E-state index in [4.69, 9.17) is 15.2 Å². The van der Waals surface area contributed by atoms with Crippen LogP contribution in [0.1, 0.15) is 40.5 Å². The molecule has 0 rings (SSSR count). The van der Waals surface area contributed by atoms with Gasteiger partial charge in [-0.2, -0.15) is 0 Å². The maximum atomic E-state index is 14.1. The first kappa shape index (κ1) is 20.3. The summed E-state index contributed by atoms with van der Waals surface area (Å²) in [7, 11) is 0. The summed E-state index contributed by atoms with van der Waals surface area (Å²) in [5.74, 6) is -0.298. The molecular weight excluding hydrogens is 275 g/mol. The van der Waals surface area contributed by atoms with Gasteiger partial charge >= 0.3 is 0 Å². The van der Waals surface area contributed by atoms with Gasteiger partial charge < -0.3 is 20.5 Å². The Balaban J connectivity index is 3.82. The molecule has 6 heteroatoms. The Bertz CT molecular complexity index is 286. The highest BCUT2D eigenvalue weighted by Crippen LogP contribution is 2.18. The zero-order valence-corrected chi connectivity index (χ0v) is 13.8. The molecule has 0 heterocycles. The minimum Gasteiger partial charge on any atom is -0.381 e. The van der Waals surface area contributed by atoms with Crippen LogP contribution in [0.4, 0.5) is 4.39 Å². The van der Waals surface area contributed by atoms with Crippen LogP contribution < -0.4 is 11.1 Å². The Kier molecular flexibility index (Phi) is 10.6. The first-order valence-electron chi connectivity index (χ1n) is 7.64. The van der Waals surface area contributed by atoms with Crippen molar-refractivity contribution in [2.75, 3.05) is 32.9 Å². The molecule has 0 fully saturated rings. The predicted octanol–water partition coefficient (Wildman–Crippen LogP) is 1.65. The van der Waals surface area contributed by atoms with Crippen molar-refractivity contribution in [3.63, 3.8) is 0 Å². The lowest BCUT2D eigenvalue weighted by Crippen LogP contribution is -2.45. The average molecular weight is 306 g/mol. The molecule has 0 aromatic heterocycles. The second kappa shape index (κ2) is 10.9. The summed E-state index contributed by atoms with van der Waals surface area (Å²) in [5, 5.41) is 2.58. The summed E-state index contributed by atoms with van der Waals surface area (Å²) in [6, 6.07) is 0. The zero-order valence-electron chi connectivity index (χ0n) is 13.8. The SMILES string of the molecule is CC(C)C(=O)NCC(F)C(C)(C)OCCCOCCCN. The molecule has 21 heavy (non-hydrogen) atoms. The molecule has 0 radical (unpaired) electrons. The largest absolute Gasteiger partial charge is 0.381 e. The van der Waals surface area contributed by atoms with Gasteiger partial charge in [-0.25, -0.2) is 4.39 Å². The summed E-state index contributed by atoms with van der Waals surface area (Å²) >= 11 is 0. The smallest absolute Gasteiger partial charge is 0.222 e. The fourth-order valence-electron chi connectivity index (χ4n) is 1.51. The number of hydrogen-bond donors (Lipinski definition) is 2. The van der Waals surface area contributed by atoms with E-state index in [1.54, 1.807) is 27.7 Å². The van der Waals surface area contributed by atoms with Crippen molar-refractivity contribution in [3.8, 4) is 0 Å². The second-order valence-electron chi connectivity index (χ2n) is 5.93. The van der Waals surface area contributed by atoms with Gasteiger partial charge in [-0.05, 0) is 33.2 Å². The van der Waals surface area contributed by atoms with E-state index in [1.165, 1.54) is 0 Å². The van der Waals surface area contributed by atoms with Crippen molar-refractivity contribution in [1.82, 2.24) is 5.32 Å². The number of nitrogens with two attached hydrogens (primary N) is 1. The molecule has 1 amide bonds. The van der Waals surface area contributed by atoms with Crippen molar-refractivity contribution in [1.29, 1.82) is 0 Å². The van der Waals surface area contributed by atoms with Gasteiger partial charge in [0, 0.05) is 25.7 Å². The highest BCUT2D eigenvalue weighted by Gasteiger charge is 2.30. The van der Waals surface area contributed by atoms with Crippen molar-refractivity contribution in [3.05, 3.63) is 0 Å². The van der Waals surface area contributed by atoms with Crippen LogP contribution in [0.25, 0.3) is 0 Å². The van der Waals surface area contributed by atoms with Crippen molar-refractivity contribution in [2.24, 2.45) is 11.7 Å². The number of carbonyl (C=O) groups excluding carboxylic acids is 1. The lowest BCUT2D eigenvalue weighted by molar-refractivity contribution is -0.125. The van der Waals surface area contributed by atoms with Gasteiger partial charge in [0.25, 0.3) is 0 Å². The van der Waals surface area contributed by atoms with Gasteiger partial charge in [0.05, 0.1) is 12.1 Å². The minimum atomic E-state index is -1.25. The molecule has 0 saturated carbocycles. The number of amides is 1. The first-order chi connectivity index (χ1) is 9.81. The Morgan fingerprint density at radius 2 is 1.86 bits per heavy atom. The number of carbonyl (C=O) groups is 1. The van der Waals surface area contributed by atoms with E-state index in [0.29, 0.717) is 32.8 Å². The van der Waals surface area contributed by atoms with Crippen LogP contribution in [-0.2, 0) is 14.3 Å². The molecule has 126 valence electrons. The summed E-state index contributed by atoms with van der Waals surface area (Å²) in [6.07, 6.45) is 0.298. The molecule has 0 aliphatic carbocycles. The van der Waals surface area contributed by atoms with Gasteiger partial charge in [0.15, 0.2) is 0 Å². The highest BCUT2D eigenvalue weighted by atomic mass is 19.1. The number of hydrogen-bond acceptors (Lipinski definition) is 4. The Morgan fingerprint density at radius 1 is 1.24 bits per heavy atom. The van der Waals surface area contributed by atoms with Crippen LogP contribution in [-0.4, -0.2) is 50.6 Å². The Labute approximate surface area is 127 Å². The third kappa shape index (κ3) is 9.77. The number of alkyl halides is 1. The monoisotopic (exact) mass is 306 g/mol. The van der Waals surface area contributed by atoms with Crippen LogP contribution in [0.15, 0.2) is 0 Å². The molecule has 0 spiro atoms. The van der Waals surface area contributed by atoms with E-state index in [2.05, 4.69) is 5.32 Å². The third-order valence-electron chi connectivity index (χ3n) is 3.13. The molecule has 0 aromatic rings. The summed E-state index contributed by atoms with van der Waals surface area (Å²) < 4.78 is 25.0. The average Bonchev–Trinajstić information content (AvgIpc) is 2.43. The lowest BCUT2D eigenvalue weighted by Gasteiger charge is -2.29. The quantitative estimate of drug-likeness (QED) is 0.538. The zero-order chi connectivity index (χ0) is 16.3. The number of halogens is 1. The molecule has 5 nitrogen and oxygen atoms in total. The first-order valence-corrected chi connectivity index (χ1v) is 7.64. The topological polar surface area (TPSA) is 73.6 Å². The normalized spacial score (nSPS) is 13.5. The standard InChI is InChI=1S/C15H31FN2O3/c1-12(2)14(19)18-11-13(16)15(3,4)21-10-6-9-20-8-5-7-17/h12-13H,5-11,17H2,1-4H3,(H,18,19). The predicted molar refractivity (Wildman–Crippen MR) is 81.9 cm³/mol. The van der Waals surface area contributed by atoms with E-state index in [9.17, 15) is 9.18 Å². The van der Waals surface area contributed by atoms with Crippen LogP contribution in [0.2, 0.25) is 0 Å². The fourth-order valence-corrected chi connectivity index (χ4v) is 1.51. The van der Waals surface area contributed by atoms with E-state index >= 15 is 0 Å². The third-order valence-corrected chi connectivity index (χ3v) is 3.13. The van der Waals surface area contributed by atoms with Gasteiger partial charge in [0.2, 0.25) is 5.91 Å². The number of nitrogens with one attached hydrogen (secondary N) is 1. The summed E-state index contributed by atoms with van der Waals surface area (Å²) in [5.41, 5.74) is 4.42. The van der Waals surface area contributed by atoms with E-state index in [0.717, 1.165) is 6.42 Å². The summed E-state index contributed by atoms with van der Waals surface area (Å²) in [6.45, 7) is 9.16. The van der Waals surface area contributed by atoms with E-state index in [1.807, 2.05) is 0 Å². The van der Waals surface area contributed by atoms with E-state index < -0.39 is 11.8 Å². The maximum absolute atomic E-state index is 14.1. The van der Waals surface area contributed by atoms with Gasteiger partial charge in [-0.1, -0.05) is 13.8 Å². The molecule has 1 unspecified atom stereocenters. The Morgan fingerprint density at radius 3 is 2.43 bits per heavy atom. The molecule has 0 aliphatic rings. The van der Waals surface area contributed by atoms with Crippen LogP contribution in [0, 0.1) is 5.92 Å². The molecule has 0 aromatic carbocycles. The molecule has 0 bridgehead atoms. The summed E-state index contributed by atoms with van der Waals surface area (Å²) in [4.78, 5) is 11.4. The molecule has 1 atom stereocenters. The Hall–Kier alpha value is -0.720.